The second kappa shape index (κ2) is 9.52. The van der Waals surface area contributed by atoms with Crippen LogP contribution < -0.4 is 5.32 Å². The Hall–Kier alpha value is -3.53. The molecule has 1 aromatic carbocycles. The first kappa shape index (κ1) is 20.7. The number of amides is 1. The Morgan fingerprint density at radius 1 is 1.23 bits per heavy atom. The van der Waals surface area contributed by atoms with Crippen LogP contribution >= 0.6 is 11.8 Å². The summed E-state index contributed by atoms with van der Waals surface area (Å²) in [5, 5.41) is 14.4. The monoisotopic (exact) mass is 435 g/mol. The molecule has 0 aliphatic heterocycles. The highest BCUT2D eigenvalue weighted by molar-refractivity contribution is 7.98. The number of benzene rings is 1. The normalized spacial score (nSPS) is 12.1. The number of thioether (sulfide) groups is 1. The van der Waals surface area contributed by atoms with Crippen LogP contribution in [0.5, 0.6) is 0 Å². The van der Waals surface area contributed by atoms with Gasteiger partial charge in [0.2, 0.25) is 11.7 Å². The molecule has 2 N–H and O–H groups in total. The van der Waals surface area contributed by atoms with Gasteiger partial charge in [-0.15, -0.1) is 0 Å². The standard InChI is InChI=1S/C21H21N7O2S/c1-13(2)17(20-26-18(28-30-20)16-4-3-9-22-10-16)25-19(29)15-7-5-14(6-8-15)11-31-21-23-12-24-27-21/h3-10,12-13,17H,11H2,1-2H3,(H,25,29)(H,23,24,27). The van der Waals surface area contributed by atoms with Gasteiger partial charge in [0.1, 0.15) is 12.4 Å². The molecule has 0 spiro atoms. The van der Waals surface area contributed by atoms with Gasteiger partial charge in [0, 0.05) is 29.3 Å². The van der Waals surface area contributed by atoms with Crippen molar-refractivity contribution in [1.29, 1.82) is 0 Å². The molecule has 3 heterocycles. The minimum atomic E-state index is -0.410. The largest absolute Gasteiger partial charge is 0.340 e. The molecule has 1 atom stereocenters. The minimum Gasteiger partial charge on any atom is -0.340 e. The second-order valence-electron chi connectivity index (χ2n) is 7.17. The Kier molecular flexibility index (Phi) is 6.37. The lowest BCUT2D eigenvalue weighted by Crippen LogP contribution is -2.32. The van der Waals surface area contributed by atoms with Gasteiger partial charge in [-0.05, 0) is 35.7 Å². The number of nitrogens with zero attached hydrogens (tertiary/aromatic N) is 5. The van der Waals surface area contributed by atoms with Gasteiger partial charge in [-0.1, -0.05) is 42.9 Å². The summed E-state index contributed by atoms with van der Waals surface area (Å²) in [4.78, 5) is 25.4. The van der Waals surface area contributed by atoms with Crippen molar-refractivity contribution in [3.63, 3.8) is 0 Å². The van der Waals surface area contributed by atoms with Crippen LogP contribution in [0.4, 0.5) is 0 Å². The highest BCUT2D eigenvalue weighted by Crippen LogP contribution is 2.24. The van der Waals surface area contributed by atoms with E-state index in [4.69, 9.17) is 4.52 Å². The van der Waals surface area contributed by atoms with Gasteiger partial charge in [-0.25, -0.2) is 4.98 Å². The molecule has 1 amide bonds. The van der Waals surface area contributed by atoms with Crippen LogP contribution in [0.15, 0.2) is 64.8 Å². The first-order valence-electron chi connectivity index (χ1n) is 9.72. The molecule has 4 aromatic rings. The van der Waals surface area contributed by atoms with Gasteiger partial charge in [0.15, 0.2) is 5.16 Å². The maximum Gasteiger partial charge on any atom is 0.251 e. The smallest absolute Gasteiger partial charge is 0.251 e. The van der Waals surface area contributed by atoms with E-state index in [1.165, 1.54) is 6.33 Å². The third-order valence-electron chi connectivity index (χ3n) is 4.57. The van der Waals surface area contributed by atoms with E-state index in [1.54, 1.807) is 42.4 Å². The molecule has 31 heavy (non-hydrogen) atoms. The average Bonchev–Trinajstić information content (AvgIpc) is 3.49. The molecule has 0 radical (unpaired) electrons. The third-order valence-corrected chi connectivity index (χ3v) is 5.51. The molecule has 10 heteroatoms. The van der Waals surface area contributed by atoms with Crippen molar-refractivity contribution in [3.8, 4) is 11.4 Å². The van der Waals surface area contributed by atoms with Gasteiger partial charge >= 0.3 is 0 Å². The molecule has 0 aliphatic carbocycles. The number of nitrogens with one attached hydrogen (secondary N) is 2. The van der Waals surface area contributed by atoms with Crippen LogP contribution in [0.2, 0.25) is 0 Å². The van der Waals surface area contributed by atoms with E-state index >= 15 is 0 Å². The Balaban J connectivity index is 1.42. The Morgan fingerprint density at radius 3 is 2.74 bits per heavy atom. The van der Waals surface area contributed by atoms with Gasteiger partial charge in [-0.3, -0.25) is 14.9 Å². The van der Waals surface area contributed by atoms with Crippen molar-refractivity contribution in [2.24, 2.45) is 5.92 Å². The zero-order chi connectivity index (χ0) is 21.6. The van der Waals surface area contributed by atoms with Crippen LogP contribution in [-0.4, -0.2) is 36.2 Å². The summed E-state index contributed by atoms with van der Waals surface area (Å²) in [5.74, 6) is 1.39. The summed E-state index contributed by atoms with van der Waals surface area (Å²) in [7, 11) is 0. The summed E-state index contributed by atoms with van der Waals surface area (Å²) in [6.45, 7) is 3.98. The third kappa shape index (κ3) is 5.15. The van der Waals surface area contributed by atoms with Crippen molar-refractivity contribution in [1.82, 2.24) is 35.6 Å². The van der Waals surface area contributed by atoms with Gasteiger partial charge in [0.05, 0.1) is 0 Å². The number of hydrogen-bond acceptors (Lipinski definition) is 8. The van der Waals surface area contributed by atoms with E-state index in [0.29, 0.717) is 17.3 Å². The van der Waals surface area contributed by atoms with E-state index in [9.17, 15) is 4.79 Å². The fraction of sp³-hybridized carbons (Fsp3) is 0.238. The minimum absolute atomic E-state index is 0.0590. The number of H-pyrrole nitrogens is 1. The fourth-order valence-electron chi connectivity index (χ4n) is 2.88. The molecule has 0 bridgehead atoms. The van der Waals surface area contributed by atoms with Crippen LogP contribution in [0, 0.1) is 5.92 Å². The van der Waals surface area contributed by atoms with Crippen molar-refractivity contribution < 1.29 is 9.32 Å². The number of aromatic amines is 1. The topological polar surface area (TPSA) is 122 Å². The Labute approximate surface area is 183 Å². The zero-order valence-corrected chi connectivity index (χ0v) is 17.8. The molecular formula is C21H21N7O2S. The van der Waals surface area contributed by atoms with Crippen molar-refractivity contribution >= 4 is 17.7 Å². The SMILES string of the molecule is CC(C)C(NC(=O)c1ccc(CSc2ncn[nH]2)cc1)c1nc(-c2cccnc2)no1. The lowest BCUT2D eigenvalue weighted by molar-refractivity contribution is 0.0914. The van der Waals surface area contributed by atoms with Crippen LogP contribution in [-0.2, 0) is 5.75 Å². The quantitative estimate of drug-likeness (QED) is 0.402. The zero-order valence-electron chi connectivity index (χ0n) is 17.0. The van der Waals surface area contributed by atoms with Gasteiger partial charge < -0.3 is 9.84 Å². The van der Waals surface area contributed by atoms with Crippen molar-refractivity contribution in [3.05, 3.63) is 72.1 Å². The highest BCUT2D eigenvalue weighted by atomic mass is 32.2. The number of pyridine rings is 1. The Morgan fingerprint density at radius 2 is 2.06 bits per heavy atom. The number of rotatable bonds is 8. The number of carbonyl (C=O) groups excluding carboxylic acids is 1. The summed E-state index contributed by atoms with van der Waals surface area (Å²) < 4.78 is 5.45. The molecule has 3 aromatic heterocycles. The molecule has 4 rings (SSSR count). The molecule has 1 unspecified atom stereocenters. The van der Waals surface area contributed by atoms with E-state index in [2.05, 4.69) is 35.6 Å². The van der Waals surface area contributed by atoms with E-state index < -0.39 is 6.04 Å². The van der Waals surface area contributed by atoms with Crippen LogP contribution in [0.3, 0.4) is 0 Å². The number of carbonyl (C=O) groups is 1. The predicted molar refractivity (Wildman–Crippen MR) is 115 cm³/mol. The Bertz CT molecular complexity index is 1110. The van der Waals surface area contributed by atoms with Crippen LogP contribution in [0.1, 0.15) is 41.7 Å². The van der Waals surface area contributed by atoms with Crippen molar-refractivity contribution in [2.45, 2.75) is 30.8 Å². The van der Waals surface area contributed by atoms with Crippen LogP contribution in [0.25, 0.3) is 11.4 Å². The van der Waals surface area contributed by atoms with Gasteiger partial charge in [0.25, 0.3) is 5.91 Å². The van der Waals surface area contributed by atoms with E-state index in [0.717, 1.165) is 22.0 Å². The second-order valence-corrected chi connectivity index (χ2v) is 8.13. The summed E-state index contributed by atoms with van der Waals surface area (Å²) >= 11 is 1.54. The molecule has 9 nitrogen and oxygen atoms in total. The maximum atomic E-state index is 12.8. The summed E-state index contributed by atoms with van der Waals surface area (Å²) in [6, 6.07) is 10.7. The molecule has 0 aliphatic rings. The molecule has 0 saturated heterocycles. The average molecular weight is 436 g/mol. The van der Waals surface area contributed by atoms with Crippen molar-refractivity contribution in [2.75, 3.05) is 0 Å². The molecule has 0 fully saturated rings. The van der Waals surface area contributed by atoms with Gasteiger partial charge in [-0.2, -0.15) is 10.1 Å². The molecule has 158 valence electrons. The maximum absolute atomic E-state index is 12.8. The first-order chi connectivity index (χ1) is 15.1. The summed E-state index contributed by atoms with van der Waals surface area (Å²) in [6.07, 6.45) is 4.82. The first-order valence-corrected chi connectivity index (χ1v) is 10.7. The molecule has 0 saturated carbocycles. The number of aromatic nitrogens is 6. The van der Waals surface area contributed by atoms with E-state index in [-0.39, 0.29) is 11.8 Å². The summed E-state index contributed by atoms with van der Waals surface area (Å²) in [5.41, 5.74) is 2.40. The molecular weight excluding hydrogens is 414 g/mol. The fourth-order valence-corrected chi connectivity index (χ4v) is 3.61. The predicted octanol–water partition coefficient (Wildman–Crippen LogP) is 3.67. The van der Waals surface area contributed by atoms with E-state index in [1.807, 2.05) is 32.0 Å². The lowest BCUT2D eigenvalue weighted by atomic mass is 10.0. The number of hydrogen-bond donors (Lipinski definition) is 2. The highest BCUT2D eigenvalue weighted by Gasteiger charge is 2.25. The lowest BCUT2D eigenvalue weighted by Gasteiger charge is -2.18.